The Morgan fingerprint density at radius 2 is 1.55 bits per heavy atom. The Morgan fingerprint density at radius 3 is 2.23 bits per heavy atom. The molecule has 0 unspecified atom stereocenters. The Kier molecular flexibility index (Phi) is 12.6. The van der Waals surface area contributed by atoms with Gasteiger partial charge in [0.1, 0.15) is 17.4 Å². The van der Waals surface area contributed by atoms with Crippen LogP contribution in [0.2, 0.25) is 0 Å². The van der Waals surface area contributed by atoms with E-state index >= 15 is 0 Å². The van der Waals surface area contributed by atoms with Gasteiger partial charge in [0.05, 0.1) is 18.2 Å². The van der Waals surface area contributed by atoms with Crippen LogP contribution in [0, 0.1) is 11.6 Å². The van der Waals surface area contributed by atoms with E-state index in [1.165, 1.54) is 17.7 Å². The van der Waals surface area contributed by atoms with Crippen LogP contribution >= 0.6 is 0 Å². The lowest BCUT2D eigenvalue weighted by Gasteiger charge is -2.25. The number of aliphatic hydroxyl groups is 1. The SMILES string of the molecule is CCCC(CCC)Oc1cccc(C(=O)N[C@@H](Cc2cc(F)cc(F)c2)[C@H](O)CNCc2cccc(CC)c2)c1. The molecule has 0 aliphatic heterocycles. The summed E-state index contributed by atoms with van der Waals surface area (Å²) in [5.41, 5.74) is 3.04. The minimum Gasteiger partial charge on any atom is -0.490 e. The number of nitrogens with one attached hydrogen (secondary N) is 2. The maximum absolute atomic E-state index is 13.9. The van der Waals surface area contributed by atoms with Crippen LogP contribution in [0.25, 0.3) is 0 Å². The van der Waals surface area contributed by atoms with Crippen molar-refractivity contribution < 1.29 is 23.4 Å². The topological polar surface area (TPSA) is 70.6 Å². The van der Waals surface area contributed by atoms with E-state index < -0.39 is 29.7 Å². The number of benzene rings is 3. The predicted octanol–water partition coefficient (Wildman–Crippen LogP) is 6.37. The van der Waals surface area contributed by atoms with Crippen molar-refractivity contribution in [3.8, 4) is 5.75 Å². The first-order valence-electron chi connectivity index (χ1n) is 14.3. The average Bonchev–Trinajstić information content (AvgIpc) is 2.92. The van der Waals surface area contributed by atoms with Crippen molar-refractivity contribution in [2.24, 2.45) is 0 Å². The van der Waals surface area contributed by atoms with E-state index in [2.05, 4.69) is 43.5 Å². The number of halogens is 2. The van der Waals surface area contributed by atoms with Crippen molar-refractivity contribution in [2.45, 2.75) is 84.1 Å². The standard InChI is InChI=1S/C33H42F2N2O3/c1-4-9-29(10-5-2)40-30-14-8-13-26(19-30)33(39)37-31(18-25-16-27(34)20-28(35)17-25)32(38)22-36-21-24-12-7-11-23(6-3)15-24/h7-8,11-17,19-20,29,31-32,36,38H,4-6,9-10,18,21-22H2,1-3H3,(H,37,39)/t31-,32+/m0/s1. The smallest absolute Gasteiger partial charge is 0.251 e. The summed E-state index contributed by atoms with van der Waals surface area (Å²) in [6, 6.07) is 17.6. The number of hydrogen-bond donors (Lipinski definition) is 3. The second kappa shape index (κ2) is 16.1. The van der Waals surface area contributed by atoms with Gasteiger partial charge in [0, 0.05) is 24.7 Å². The van der Waals surface area contributed by atoms with Gasteiger partial charge < -0.3 is 20.5 Å². The number of ether oxygens (including phenoxy) is 1. The number of carbonyl (C=O) groups excluding carboxylic acids is 1. The average molecular weight is 553 g/mol. The third-order valence-corrected chi connectivity index (χ3v) is 6.86. The van der Waals surface area contributed by atoms with Crippen LogP contribution in [0.3, 0.4) is 0 Å². The molecule has 0 spiro atoms. The Morgan fingerprint density at radius 1 is 0.875 bits per heavy atom. The maximum Gasteiger partial charge on any atom is 0.251 e. The van der Waals surface area contributed by atoms with Gasteiger partial charge in [-0.1, -0.05) is 63.9 Å². The summed E-state index contributed by atoms with van der Waals surface area (Å²) < 4.78 is 34.0. The number of amides is 1. The summed E-state index contributed by atoms with van der Waals surface area (Å²) >= 11 is 0. The second-order valence-electron chi connectivity index (χ2n) is 10.3. The monoisotopic (exact) mass is 552 g/mol. The Balaban J connectivity index is 1.72. The summed E-state index contributed by atoms with van der Waals surface area (Å²) in [5, 5.41) is 17.2. The van der Waals surface area contributed by atoms with Gasteiger partial charge in [-0.2, -0.15) is 0 Å². The van der Waals surface area contributed by atoms with Gasteiger partial charge in [-0.3, -0.25) is 4.79 Å². The van der Waals surface area contributed by atoms with Crippen molar-refractivity contribution in [1.82, 2.24) is 10.6 Å². The highest BCUT2D eigenvalue weighted by molar-refractivity contribution is 5.94. The van der Waals surface area contributed by atoms with Crippen LogP contribution in [0.15, 0.2) is 66.7 Å². The number of rotatable bonds is 16. The van der Waals surface area contributed by atoms with Crippen molar-refractivity contribution in [3.05, 3.63) is 101 Å². The van der Waals surface area contributed by atoms with E-state index in [-0.39, 0.29) is 19.1 Å². The normalized spacial score (nSPS) is 12.8. The molecule has 0 heterocycles. The molecule has 40 heavy (non-hydrogen) atoms. The van der Waals surface area contributed by atoms with Gasteiger partial charge in [-0.05, 0) is 72.7 Å². The highest BCUT2D eigenvalue weighted by Gasteiger charge is 2.23. The summed E-state index contributed by atoms with van der Waals surface area (Å²) in [7, 11) is 0. The second-order valence-corrected chi connectivity index (χ2v) is 10.3. The largest absolute Gasteiger partial charge is 0.490 e. The van der Waals surface area contributed by atoms with Crippen LogP contribution < -0.4 is 15.4 Å². The molecule has 0 saturated heterocycles. The molecule has 5 nitrogen and oxygen atoms in total. The van der Waals surface area contributed by atoms with Crippen molar-refractivity contribution in [3.63, 3.8) is 0 Å². The fraction of sp³-hybridized carbons (Fsp3) is 0.424. The fourth-order valence-corrected chi connectivity index (χ4v) is 4.79. The third kappa shape index (κ3) is 10.0. The molecule has 0 aliphatic carbocycles. The minimum absolute atomic E-state index is 0.0554. The third-order valence-electron chi connectivity index (χ3n) is 6.86. The summed E-state index contributed by atoms with van der Waals surface area (Å²) in [4.78, 5) is 13.3. The van der Waals surface area contributed by atoms with Gasteiger partial charge in [0.2, 0.25) is 0 Å². The number of carbonyl (C=O) groups is 1. The molecule has 7 heteroatoms. The first-order valence-corrected chi connectivity index (χ1v) is 14.3. The molecule has 0 bridgehead atoms. The molecule has 3 rings (SSSR count). The van der Waals surface area contributed by atoms with Crippen molar-refractivity contribution in [2.75, 3.05) is 6.54 Å². The summed E-state index contributed by atoms with van der Waals surface area (Å²) in [6.07, 6.45) is 3.92. The quantitative estimate of drug-likeness (QED) is 0.193. The zero-order valence-corrected chi connectivity index (χ0v) is 23.8. The molecule has 3 aromatic rings. The number of hydrogen-bond acceptors (Lipinski definition) is 4. The van der Waals surface area contributed by atoms with Crippen LogP contribution in [0.5, 0.6) is 5.75 Å². The number of aryl methyl sites for hydroxylation is 1. The molecule has 3 aromatic carbocycles. The van der Waals surface area contributed by atoms with E-state index in [0.717, 1.165) is 43.7 Å². The van der Waals surface area contributed by atoms with Gasteiger partial charge in [-0.15, -0.1) is 0 Å². The molecular formula is C33H42F2N2O3. The van der Waals surface area contributed by atoms with Crippen LogP contribution in [-0.4, -0.2) is 35.8 Å². The predicted molar refractivity (Wildman–Crippen MR) is 156 cm³/mol. The molecule has 3 N–H and O–H groups in total. The molecule has 216 valence electrons. The van der Waals surface area contributed by atoms with Crippen LogP contribution in [-0.2, 0) is 19.4 Å². The van der Waals surface area contributed by atoms with Crippen molar-refractivity contribution in [1.29, 1.82) is 0 Å². The van der Waals surface area contributed by atoms with E-state index in [0.29, 0.717) is 23.4 Å². The summed E-state index contributed by atoms with van der Waals surface area (Å²) in [6.45, 7) is 7.04. The molecule has 0 aliphatic rings. The molecule has 0 fully saturated rings. The first-order chi connectivity index (χ1) is 19.3. The molecular weight excluding hydrogens is 510 g/mol. The summed E-state index contributed by atoms with van der Waals surface area (Å²) in [5.74, 6) is -1.20. The lowest BCUT2D eigenvalue weighted by molar-refractivity contribution is 0.0829. The molecule has 2 atom stereocenters. The number of aliphatic hydroxyl groups excluding tert-OH is 1. The molecule has 1 amide bonds. The lowest BCUT2D eigenvalue weighted by Crippen LogP contribution is -2.48. The van der Waals surface area contributed by atoms with Gasteiger partial charge in [0.15, 0.2) is 0 Å². The zero-order chi connectivity index (χ0) is 28.9. The first kappa shape index (κ1) is 31.2. The molecule has 0 saturated carbocycles. The van der Waals surface area contributed by atoms with E-state index in [1.807, 2.05) is 18.2 Å². The minimum atomic E-state index is -1.01. The van der Waals surface area contributed by atoms with Gasteiger partial charge in [-0.25, -0.2) is 8.78 Å². The van der Waals surface area contributed by atoms with Crippen LogP contribution in [0.4, 0.5) is 8.78 Å². The molecule has 0 aromatic heterocycles. The Hall–Kier alpha value is -3.29. The highest BCUT2D eigenvalue weighted by Crippen LogP contribution is 2.20. The zero-order valence-electron chi connectivity index (χ0n) is 23.8. The van der Waals surface area contributed by atoms with E-state index in [9.17, 15) is 18.7 Å². The Labute approximate surface area is 237 Å². The maximum atomic E-state index is 13.9. The molecule has 0 radical (unpaired) electrons. The Bertz CT molecular complexity index is 1190. The van der Waals surface area contributed by atoms with E-state index in [4.69, 9.17) is 4.74 Å². The highest BCUT2D eigenvalue weighted by atomic mass is 19.1. The van der Waals surface area contributed by atoms with Crippen molar-refractivity contribution >= 4 is 5.91 Å². The van der Waals surface area contributed by atoms with Crippen LogP contribution in [0.1, 0.15) is 73.5 Å². The van der Waals surface area contributed by atoms with Gasteiger partial charge >= 0.3 is 0 Å². The fourth-order valence-electron chi connectivity index (χ4n) is 4.79. The lowest BCUT2D eigenvalue weighted by atomic mass is 10.00. The van der Waals surface area contributed by atoms with E-state index in [1.54, 1.807) is 18.2 Å². The van der Waals surface area contributed by atoms with Gasteiger partial charge in [0.25, 0.3) is 5.91 Å².